The van der Waals surface area contributed by atoms with Crippen molar-refractivity contribution in [1.29, 1.82) is 0 Å². The number of carbonyl (C=O) groups excluding carboxylic acids is 2. The van der Waals surface area contributed by atoms with Gasteiger partial charge in [-0.15, -0.1) is 0 Å². The van der Waals surface area contributed by atoms with Crippen molar-refractivity contribution in [2.75, 3.05) is 49.9 Å². The summed E-state index contributed by atoms with van der Waals surface area (Å²) >= 11 is 6.19. The predicted octanol–water partition coefficient (Wildman–Crippen LogP) is 3.46. The Kier molecular flexibility index (Phi) is 7.48. The van der Waals surface area contributed by atoms with Crippen LogP contribution in [-0.4, -0.2) is 60.9 Å². The zero-order chi connectivity index (χ0) is 21.7. The molecule has 6 nitrogen and oxygen atoms in total. The molecule has 0 radical (unpaired) electrons. The van der Waals surface area contributed by atoms with Gasteiger partial charge in [0.2, 0.25) is 11.8 Å². The topological polar surface area (TPSA) is 64.7 Å². The highest BCUT2D eigenvalue weighted by molar-refractivity contribution is 6.33. The van der Waals surface area contributed by atoms with Crippen molar-refractivity contribution < 1.29 is 9.59 Å². The monoisotopic (exact) mass is 428 g/mol. The van der Waals surface area contributed by atoms with E-state index < -0.39 is 0 Å². The number of amides is 2. The van der Waals surface area contributed by atoms with Gasteiger partial charge in [-0.2, -0.15) is 0 Å². The van der Waals surface area contributed by atoms with Gasteiger partial charge in [-0.25, -0.2) is 0 Å². The van der Waals surface area contributed by atoms with E-state index in [4.69, 9.17) is 11.6 Å². The fourth-order valence-electron chi connectivity index (χ4n) is 3.61. The van der Waals surface area contributed by atoms with E-state index in [0.29, 0.717) is 23.8 Å². The zero-order valence-electron chi connectivity index (χ0n) is 17.8. The van der Waals surface area contributed by atoms with Crippen LogP contribution in [0.25, 0.3) is 0 Å². The van der Waals surface area contributed by atoms with Crippen molar-refractivity contribution in [2.24, 2.45) is 0 Å². The van der Waals surface area contributed by atoms with Crippen LogP contribution >= 0.6 is 11.6 Å². The Hall–Kier alpha value is -2.41. The van der Waals surface area contributed by atoms with E-state index in [2.05, 4.69) is 20.4 Å². The van der Waals surface area contributed by atoms with Crippen LogP contribution < -0.4 is 10.6 Å². The Morgan fingerprint density at radius 1 is 0.867 bits per heavy atom. The van der Waals surface area contributed by atoms with Gasteiger partial charge >= 0.3 is 0 Å². The lowest BCUT2D eigenvalue weighted by atomic mass is 10.1. The Balaban J connectivity index is 1.43. The van der Waals surface area contributed by atoms with Crippen molar-refractivity contribution in [1.82, 2.24) is 9.80 Å². The van der Waals surface area contributed by atoms with Crippen LogP contribution in [0.4, 0.5) is 11.4 Å². The Morgan fingerprint density at radius 3 is 1.93 bits per heavy atom. The summed E-state index contributed by atoms with van der Waals surface area (Å²) in [4.78, 5) is 29.0. The number of rotatable bonds is 6. The Labute approximate surface area is 183 Å². The van der Waals surface area contributed by atoms with Gasteiger partial charge in [0.1, 0.15) is 0 Å². The molecule has 1 saturated heterocycles. The van der Waals surface area contributed by atoms with E-state index >= 15 is 0 Å². The first-order chi connectivity index (χ1) is 14.3. The summed E-state index contributed by atoms with van der Waals surface area (Å²) in [5.74, 6) is -0.0884. The average Bonchev–Trinajstić information content (AvgIpc) is 2.69. The van der Waals surface area contributed by atoms with Crippen LogP contribution in [-0.2, 0) is 9.59 Å². The standard InChI is InChI=1S/C23H29ClN4O2/c1-16-7-8-20(19(24)13-16)25-21(29)14-27-9-11-28(12-10-27)15-22(30)26-23-17(2)5-4-6-18(23)3/h4-8,13H,9-12,14-15H2,1-3H3,(H,25,29)(H,26,30). The molecular weight excluding hydrogens is 400 g/mol. The molecule has 30 heavy (non-hydrogen) atoms. The van der Waals surface area contributed by atoms with Crippen LogP contribution in [0.2, 0.25) is 5.02 Å². The third-order valence-electron chi connectivity index (χ3n) is 5.34. The highest BCUT2D eigenvalue weighted by Crippen LogP contribution is 2.22. The highest BCUT2D eigenvalue weighted by atomic mass is 35.5. The van der Waals surface area contributed by atoms with Crippen LogP contribution in [0.3, 0.4) is 0 Å². The van der Waals surface area contributed by atoms with E-state index in [1.807, 2.05) is 57.2 Å². The van der Waals surface area contributed by atoms with Gasteiger partial charge in [-0.1, -0.05) is 35.9 Å². The number of carbonyl (C=O) groups is 2. The molecule has 1 fully saturated rings. The van der Waals surface area contributed by atoms with Gasteiger partial charge in [0.25, 0.3) is 0 Å². The van der Waals surface area contributed by atoms with Crippen LogP contribution in [0.5, 0.6) is 0 Å². The minimum atomic E-state index is -0.0815. The van der Waals surface area contributed by atoms with Gasteiger partial charge in [0, 0.05) is 31.9 Å². The predicted molar refractivity (Wildman–Crippen MR) is 122 cm³/mol. The molecule has 2 aromatic rings. The number of para-hydroxylation sites is 1. The van der Waals surface area contributed by atoms with Gasteiger partial charge in [0.15, 0.2) is 0 Å². The summed E-state index contributed by atoms with van der Waals surface area (Å²) in [5.41, 5.74) is 4.71. The van der Waals surface area contributed by atoms with E-state index in [0.717, 1.165) is 48.6 Å². The number of aryl methyl sites for hydroxylation is 3. The summed E-state index contributed by atoms with van der Waals surface area (Å²) in [7, 11) is 0. The first-order valence-electron chi connectivity index (χ1n) is 10.2. The van der Waals surface area contributed by atoms with Crippen molar-refractivity contribution in [2.45, 2.75) is 20.8 Å². The molecule has 2 amide bonds. The molecule has 0 spiro atoms. The van der Waals surface area contributed by atoms with Gasteiger partial charge in [0.05, 0.1) is 23.8 Å². The van der Waals surface area contributed by atoms with E-state index in [1.165, 1.54) is 0 Å². The van der Waals surface area contributed by atoms with Crippen molar-refractivity contribution >= 4 is 34.8 Å². The third-order valence-corrected chi connectivity index (χ3v) is 5.66. The molecular formula is C23H29ClN4O2. The molecule has 7 heteroatoms. The highest BCUT2D eigenvalue weighted by Gasteiger charge is 2.21. The lowest BCUT2D eigenvalue weighted by molar-refractivity contribution is -0.120. The van der Waals surface area contributed by atoms with Gasteiger partial charge in [-0.05, 0) is 49.6 Å². The summed E-state index contributed by atoms with van der Waals surface area (Å²) < 4.78 is 0. The molecule has 1 heterocycles. The number of benzene rings is 2. The normalized spacial score (nSPS) is 15.1. The Bertz CT molecular complexity index is 903. The maximum Gasteiger partial charge on any atom is 0.238 e. The van der Waals surface area contributed by atoms with Gasteiger partial charge in [-0.3, -0.25) is 19.4 Å². The molecule has 0 unspecified atom stereocenters. The van der Waals surface area contributed by atoms with E-state index in [9.17, 15) is 9.59 Å². The second-order valence-corrected chi connectivity index (χ2v) is 8.31. The number of hydrogen-bond acceptors (Lipinski definition) is 4. The lowest BCUT2D eigenvalue weighted by Crippen LogP contribution is -2.50. The SMILES string of the molecule is Cc1ccc(NC(=O)CN2CCN(CC(=O)Nc3c(C)cccc3C)CC2)c(Cl)c1. The first-order valence-corrected chi connectivity index (χ1v) is 10.6. The van der Waals surface area contributed by atoms with Crippen LogP contribution in [0.1, 0.15) is 16.7 Å². The second kappa shape index (κ2) is 10.1. The maximum absolute atomic E-state index is 12.5. The molecule has 2 aromatic carbocycles. The molecule has 3 rings (SSSR count). The van der Waals surface area contributed by atoms with E-state index in [-0.39, 0.29) is 11.8 Å². The number of hydrogen-bond donors (Lipinski definition) is 2. The number of anilines is 2. The fraction of sp³-hybridized carbons (Fsp3) is 0.391. The third kappa shape index (κ3) is 6.05. The molecule has 0 bridgehead atoms. The molecule has 2 N–H and O–H groups in total. The molecule has 160 valence electrons. The number of piperazine rings is 1. The summed E-state index contributed by atoms with van der Waals surface area (Å²) in [5, 5.41) is 6.46. The second-order valence-electron chi connectivity index (χ2n) is 7.90. The van der Waals surface area contributed by atoms with Gasteiger partial charge < -0.3 is 10.6 Å². The average molecular weight is 429 g/mol. The van der Waals surface area contributed by atoms with Crippen molar-refractivity contribution in [3.05, 3.63) is 58.1 Å². The number of halogens is 1. The molecule has 0 aliphatic carbocycles. The van der Waals surface area contributed by atoms with Crippen molar-refractivity contribution in [3.63, 3.8) is 0 Å². The number of nitrogens with one attached hydrogen (secondary N) is 2. The first kappa shape index (κ1) is 22.3. The molecule has 1 aliphatic heterocycles. The summed E-state index contributed by atoms with van der Waals surface area (Å²) in [6.07, 6.45) is 0. The number of nitrogens with zero attached hydrogens (tertiary/aromatic N) is 2. The zero-order valence-corrected chi connectivity index (χ0v) is 18.6. The Morgan fingerprint density at radius 2 is 1.40 bits per heavy atom. The minimum absolute atomic E-state index is 0.00685. The van der Waals surface area contributed by atoms with Crippen LogP contribution in [0, 0.1) is 20.8 Å². The summed E-state index contributed by atoms with van der Waals surface area (Å²) in [6, 6.07) is 11.6. The molecule has 1 aliphatic rings. The fourth-order valence-corrected chi connectivity index (χ4v) is 3.90. The lowest BCUT2D eigenvalue weighted by Gasteiger charge is -2.33. The smallest absolute Gasteiger partial charge is 0.238 e. The van der Waals surface area contributed by atoms with Crippen molar-refractivity contribution in [3.8, 4) is 0 Å². The minimum Gasteiger partial charge on any atom is -0.324 e. The summed E-state index contributed by atoms with van der Waals surface area (Å²) in [6.45, 7) is 9.60. The largest absolute Gasteiger partial charge is 0.324 e. The maximum atomic E-state index is 12.5. The van der Waals surface area contributed by atoms with E-state index in [1.54, 1.807) is 0 Å². The van der Waals surface area contributed by atoms with Crippen LogP contribution in [0.15, 0.2) is 36.4 Å². The molecule has 0 saturated carbocycles. The molecule has 0 atom stereocenters. The molecule has 0 aromatic heterocycles. The quantitative estimate of drug-likeness (QED) is 0.739.